The van der Waals surface area contributed by atoms with Crippen LogP contribution in [-0.4, -0.2) is 25.5 Å². The molecule has 1 amide bonds. The molecule has 0 aliphatic rings. The number of hydrogen-bond donors (Lipinski definition) is 2. The van der Waals surface area contributed by atoms with Gasteiger partial charge in [0.1, 0.15) is 0 Å². The van der Waals surface area contributed by atoms with E-state index in [1.165, 1.54) is 23.4 Å². The summed E-state index contributed by atoms with van der Waals surface area (Å²) in [5, 5.41) is 8.55. The lowest BCUT2D eigenvalue weighted by Gasteiger charge is -2.16. The monoisotopic (exact) mass is 376 g/mol. The molecule has 5 heteroatoms. The largest absolute Gasteiger partial charge is 0.465 e. The number of carbonyl (C=O) groups excluding carboxylic acids is 2. The van der Waals surface area contributed by atoms with E-state index in [2.05, 4.69) is 46.6 Å². The van der Waals surface area contributed by atoms with Gasteiger partial charge in [0.25, 0.3) is 0 Å². The van der Waals surface area contributed by atoms with Crippen molar-refractivity contribution in [3.05, 3.63) is 83.4 Å². The second-order valence-electron chi connectivity index (χ2n) is 6.64. The number of amides is 1. The van der Waals surface area contributed by atoms with E-state index in [9.17, 15) is 9.59 Å². The van der Waals surface area contributed by atoms with Crippen LogP contribution in [-0.2, 0) is 16.1 Å². The van der Waals surface area contributed by atoms with Crippen molar-refractivity contribution < 1.29 is 14.3 Å². The standard InChI is InChI=1S/C23H24N2O3/c1-16(20-9-5-7-18-6-3-4-8-21(18)20)24-15-22(26)25-14-17-10-12-19(13-11-17)23(27)28-2/h3-13,16,24H,14-15H2,1-2H3,(H,25,26)/t16-/m0/s1. The third-order valence-electron chi connectivity index (χ3n) is 4.72. The Bertz CT molecular complexity index is 962. The minimum Gasteiger partial charge on any atom is -0.465 e. The maximum Gasteiger partial charge on any atom is 0.337 e. The Morgan fingerprint density at radius 2 is 1.68 bits per heavy atom. The number of nitrogens with one attached hydrogen (secondary N) is 2. The van der Waals surface area contributed by atoms with Crippen LogP contribution in [0, 0.1) is 0 Å². The summed E-state index contributed by atoms with van der Waals surface area (Å²) in [6.07, 6.45) is 0. The highest BCUT2D eigenvalue weighted by molar-refractivity contribution is 5.89. The van der Waals surface area contributed by atoms with Crippen molar-refractivity contribution in [2.45, 2.75) is 19.5 Å². The van der Waals surface area contributed by atoms with Gasteiger partial charge in [0.2, 0.25) is 5.91 Å². The van der Waals surface area contributed by atoms with Crippen LogP contribution in [0.3, 0.4) is 0 Å². The van der Waals surface area contributed by atoms with E-state index < -0.39 is 0 Å². The van der Waals surface area contributed by atoms with Crippen molar-refractivity contribution >= 4 is 22.6 Å². The first-order valence-corrected chi connectivity index (χ1v) is 9.23. The lowest BCUT2D eigenvalue weighted by atomic mass is 10.00. The van der Waals surface area contributed by atoms with E-state index >= 15 is 0 Å². The zero-order valence-electron chi connectivity index (χ0n) is 16.1. The first-order valence-electron chi connectivity index (χ1n) is 9.23. The lowest BCUT2D eigenvalue weighted by molar-refractivity contribution is -0.120. The average molecular weight is 376 g/mol. The first kappa shape index (κ1) is 19.6. The summed E-state index contributed by atoms with van der Waals surface area (Å²) in [6, 6.07) is 21.5. The van der Waals surface area contributed by atoms with Gasteiger partial charge in [0.15, 0.2) is 0 Å². The minimum absolute atomic E-state index is 0.0520. The molecule has 1 atom stereocenters. The molecule has 0 saturated heterocycles. The summed E-state index contributed by atoms with van der Waals surface area (Å²) in [4.78, 5) is 23.6. The fourth-order valence-electron chi connectivity index (χ4n) is 3.12. The highest BCUT2D eigenvalue weighted by Crippen LogP contribution is 2.23. The fourth-order valence-corrected chi connectivity index (χ4v) is 3.12. The van der Waals surface area contributed by atoms with Crippen LogP contribution in [0.1, 0.15) is 34.5 Å². The van der Waals surface area contributed by atoms with Gasteiger partial charge < -0.3 is 15.4 Å². The van der Waals surface area contributed by atoms with Crippen molar-refractivity contribution in [2.24, 2.45) is 0 Å². The molecule has 2 N–H and O–H groups in total. The molecule has 0 unspecified atom stereocenters. The number of rotatable bonds is 7. The molecule has 0 bridgehead atoms. The zero-order chi connectivity index (χ0) is 19.9. The van der Waals surface area contributed by atoms with Crippen LogP contribution in [0.4, 0.5) is 0 Å². The molecule has 28 heavy (non-hydrogen) atoms. The number of hydrogen-bond acceptors (Lipinski definition) is 4. The van der Waals surface area contributed by atoms with Gasteiger partial charge in [-0.2, -0.15) is 0 Å². The average Bonchev–Trinajstić information content (AvgIpc) is 2.75. The maximum atomic E-state index is 12.2. The summed E-state index contributed by atoms with van der Waals surface area (Å²) >= 11 is 0. The number of methoxy groups -OCH3 is 1. The van der Waals surface area contributed by atoms with Crippen molar-refractivity contribution in [1.82, 2.24) is 10.6 Å². The number of ether oxygens (including phenoxy) is 1. The molecule has 0 aliphatic heterocycles. The summed E-state index contributed by atoms with van der Waals surface area (Å²) in [6.45, 7) is 2.69. The molecule has 0 aliphatic carbocycles. The van der Waals surface area contributed by atoms with Crippen LogP contribution in [0.2, 0.25) is 0 Å². The molecule has 0 saturated carbocycles. The van der Waals surface area contributed by atoms with Crippen molar-refractivity contribution in [2.75, 3.05) is 13.7 Å². The second-order valence-corrected chi connectivity index (χ2v) is 6.64. The molecule has 0 heterocycles. The number of esters is 1. The number of carbonyl (C=O) groups is 2. The fraction of sp³-hybridized carbons (Fsp3) is 0.217. The van der Waals surface area contributed by atoms with Crippen molar-refractivity contribution in [3.63, 3.8) is 0 Å². The first-order chi connectivity index (χ1) is 13.6. The summed E-state index contributed by atoms with van der Waals surface area (Å²) < 4.78 is 4.67. The molecule has 144 valence electrons. The van der Waals surface area contributed by atoms with Gasteiger partial charge in [-0.15, -0.1) is 0 Å². The molecule has 3 rings (SSSR count). The highest BCUT2D eigenvalue weighted by Gasteiger charge is 2.11. The number of benzene rings is 3. The minimum atomic E-state index is -0.373. The van der Waals surface area contributed by atoms with Crippen LogP contribution in [0.5, 0.6) is 0 Å². The predicted molar refractivity (Wildman–Crippen MR) is 110 cm³/mol. The molecule has 3 aromatic rings. The molecular formula is C23H24N2O3. The Balaban J connectivity index is 1.52. The highest BCUT2D eigenvalue weighted by atomic mass is 16.5. The van der Waals surface area contributed by atoms with Gasteiger partial charge in [0, 0.05) is 12.6 Å². The van der Waals surface area contributed by atoms with Gasteiger partial charge in [-0.25, -0.2) is 4.79 Å². The molecule has 0 aromatic heterocycles. The molecular weight excluding hydrogens is 352 g/mol. The molecule has 0 fully saturated rings. The predicted octanol–water partition coefficient (Wildman–Crippen LogP) is 3.59. The third kappa shape index (κ3) is 4.75. The Hall–Kier alpha value is -3.18. The van der Waals surface area contributed by atoms with Crippen LogP contribution >= 0.6 is 0 Å². The van der Waals surface area contributed by atoms with Gasteiger partial charge in [0.05, 0.1) is 19.2 Å². The molecule has 0 spiro atoms. The topological polar surface area (TPSA) is 67.4 Å². The van der Waals surface area contributed by atoms with Gasteiger partial charge >= 0.3 is 5.97 Å². The normalized spacial score (nSPS) is 11.8. The SMILES string of the molecule is COC(=O)c1ccc(CNC(=O)CN[C@@H](C)c2cccc3ccccc23)cc1. The summed E-state index contributed by atoms with van der Waals surface area (Å²) in [5.41, 5.74) is 2.58. The zero-order valence-corrected chi connectivity index (χ0v) is 16.1. The van der Waals surface area contributed by atoms with Gasteiger partial charge in [-0.3, -0.25) is 4.79 Å². The number of fused-ring (bicyclic) bond motifs is 1. The van der Waals surface area contributed by atoms with E-state index in [4.69, 9.17) is 0 Å². The third-order valence-corrected chi connectivity index (χ3v) is 4.72. The van der Waals surface area contributed by atoms with Gasteiger partial charge in [-0.1, -0.05) is 54.6 Å². The Morgan fingerprint density at radius 3 is 2.43 bits per heavy atom. The summed E-state index contributed by atoms with van der Waals surface area (Å²) in [5.74, 6) is -0.452. The maximum absolute atomic E-state index is 12.2. The quantitative estimate of drug-likeness (QED) is 0.619. The lowest BCUT2D eigenvalue weighted by Crippen LogP contribution is -2.34. The Labute approximate surface area is 164 Å². The van der Waals surface area contributed by atoms with E-state index in [1.807, 2.05) is 18.2 Å². The van der Waals surface area contributed by atoms with Crippen molar-refractivity contribution in [1.29, 1.82) is 0 Å². The second kappa shape index (κ2) is 9.15. The van der Waals surface area contributed by atoms with Crippen LogP contribution in [0.25, 0.3) is 10.8 Å². The van der Waals surface area contributed by atoms with E-state index in [-0.39, 0.29) is 24.5 Å². The van der Waals surface area contributed by atoms with Gasteiger partial charge in [-0.05, 0) is 41.0 Å². The Morgan fingerprint density at radius 1 is 0.964 bits per heavy atom. The van der Waals surface area contributed by atoms with E-state index in [1.54, 1.807) is 24.3 Å². The Kier molecular flexibility index (Phi) is 6.40. The summed E-state index contributed by atoms with van der Waals surface area (Å²) in [7, 11) is 1.35. The van der Waals surface area contributed by atoms with Crippen LogP contribution in [0.15, 0.2) is 66.7 Å². The molecule has 3 aromatic carbocycles. The molecule has 0 radical (unpaired) electrons. The van der Waals surface area contributed by atoms with Crippen molar-refractivity contribution in [3.8, 4) is 0 Å². The molecule has 5 nitrogen and oxygen atoms in total. The smallest absolute Gasteiger partial charge is 0.337 e. The van der Waals surface area contributed by atoms with E-state index in [0.29, 0.717) is 12.1 Å². The van der Waals surface area contributed by atoms with E-state index in [0.717, 1.165) is 5.56 Å². The van der Waals surface area contributed by atoms with Crippen LogP contribution < -0.4 is 10.6 Å².